The number of hydrogen-bond acceptors (Lipinski definition) is 4. The van der Waals surface area contributed by atoms with Crippen molar-refractivity contribution in [3.8, 4) is 5.75 Å². The van der Waals surface area contributed by atoms with E-state index in [0.29, 0.717) is 13.1 Å². The van der Waals surface area contributed by atoms with Crippen LogP contribution < -0.4 is 10.1 Å². The number of pyridine rings is 1. The molecule has 1 fully saturated rings. The van der Waals surface area contributed by atoms with E-state index in [0.717, 1.165) is 42.3 Å². The molecule has 0 saturated carbocycles. The van der Waals surface area contributed by atoms with Crippen LogP contribution in [0.5, 0.6) is 5.75 Å². The molecule has 0 unspecified atom stereocenters. The van der Waals surface area contributed by atoms with E-state index in [1.54, 1.807) is 7.11 Å². The topological polar surface area (TPSA) is 62.1 Å². The summed E-state index contributed by atoms with van der Waals surface area (Å²) in [6, 6.07) is 15.5. The van der Waals surface area contributed by atoms with Crippen molar-refractivity contribution < 1.29 is 9.53 Å². The van der Waals surface area contributed by atoms with Crippen molar-refractivity contribution in [2.45, 2.75) is 6.54 Å². The summed E-state index contributed by atoms with van der Waals surface area (Å²) < 4.78 is 7.09. The molecule has 0 atom stereocenters. The number of carbonyl (C=O) groups excluding carboxylic acids is 1. The number of amides is 2. The van der Waals surface area contributed by atoms with Crippen molar-refractivity contribution in [1.29, 1.82) is 0 Å². The lowest BCUT2D eigenvalue weighted by atomic mass is 10.2. The summed E-state index contributed by atoms with van der Waals surface area (Å²) >= 11 is 0. The highest BCUT2D eigenvalue weighted by Crippen LogP contribution is 2.17. The molecule has 2 amide bonds. The Morgan fingerprint density at radius 1 is 1.11 bits per heavy atom. The van der Waals surface area contributed by atoms with E-state index in [2.05, 4.69) is 27.4 Å². The Hall–Kier alpha value is -3.06. The molecule has 1 N–H and O–H groups in total. The summed E-state index contributed by atoms with van der Waals surface area (Å²) in [5, 5.41) is 7.54. The maximum Gasteiger partial charge on any atom is 0.321 e. The number of ether oxygens (including phenoxy) is 1. The van der Waals surface area contributed by atoms with Crippen LogP contribution in [0.25, 0.3) is 5.52 Å². The molecular weight excluding hydrogens is 342 g/mol. The molecule has 1 aliphatic rings. The fraction of sp³-hybridized carbons (Fsp3) is 0.300. The van der Waals surface area contributed by atoms with Gasteiger partial charge in [-0.2, -0.15) is 5.10 Å². The molecule has 0 bridgehead atoms. The van der Waals surface area contributed by atoms with Gasteiger partial charge in [0.25, 0.3) is 0 Å². The van der Waals surface area contributed by atoms with Crippen LogP contribution in [0.1, 0.15) is 5.69 Å². The van der Waals surface area contributed by atoms with Gasteiger partial charge in [0.1, 0.15) is 5.75 Å². The van der Waals surface area contributed by atoms with Crippen LogP contribution in [-0.4, -0.2) is 58.7 Å². The molecule has 7 heteroatoms. The zero-order valence-electron chi connectivity index (χ0n) is 15.3. The summed E-state index contributed by atoms with van der Waals surface area (Å²) in [5.41, 5.74) is 2.89. The Morgan fingerprint density at radius 2 is 1.96 bits per heavy atom. The molecule has 7 nitrogen and oxygen atoms in total. The number of urea groups is 1. The van der Waals surface area contributed by atoms with E-state index < -0.39 is 0 Å². The van der Waals surface area contributed by atoms with Gasteiger partial charge in [-0.15, -0.1) is 0 Å². The van der Waals surface area contributed by atoms with Gasteiger partial charge >= 0.3 is 6.03 Å². The van der Waals surface area contributed by atoms with E-state index in [1.807, 2.05) is 52.0 Å². The van der Waals surface area contributed by atoms with Gasteiger partial charge in [0.05, 0.1) is 18.3 Å². The number of hydrogen-bond donors (Lipinski definition) is 1. The standard InChI is InChI=1S/C20H23N5O2/c1-27-19-7-4-5-16(14-19)21-20(26)24-11-9-23(10-12-24)15-17-13-18-6-2-3-8-25(18)22-17/h2-8,13-14H,9-12,15H2,1H3,(H,21,26). The first-order valence-electron chi connectivity index (χ1n) is 9.07. The minimum atomic E-state index is -0.0735. The Balaban J connectivity index is 1.30. The summed E-state index contributed by atoms with van der Waals surface area (Å²) in [5.74, 6) is 0.727. The predicted octanol–water partition coefficient (Wildman–Crippen LogP) is 2.69. The van der Waals surface area contributed by atoms with E-state index in [-0.39, 0.29) is 6.03 Å². The van der Waals surface area contributed by atoms with Crippen LogP contribution in [0.3, 0.4) is 0 Å². The Morgan fingerprint density at radius 3 is 2.74 bits per heavy atom. The smallest absolute Gasteiger partial charge is 0.321 e. The van der Waals surface area contributed by atoms with E-state index in [4.69, 9.17) is 4.74 Å². The molecule has 4 rings (SSSR count). The minimum absolute atomic E-state index is 0.0735. The lowest BCUT2D eigenvalue weighted by molar-refractivity contribution is 0.142. The molecule has 0 radical (unpaired) electrons. The first kappa shape index (κ1) is 17.4. The summed E-state index contributed by atoms with van der Waals surface area (Å²) in [6.07, 6.45) is 1.96. The minimum Gasteiger partial charge on any atom is -0.497 e. The van der Waals surface area contributed by atoms with Crippen molar-refractivity contribution in [2.75, 3.05) is 38.6 Å². The molecule has 0 aliphatic carbocycles. The summed E-state index contributed by atoms with van der Waals surface area (Å²) in [7, 11) is 1.61. The average Bonchev–Trinajstić information content (AvgIpc) is 3.11. The normalized spacial score (nSPS) is 15.1. The first-order chi connectivity index (χ1) is 13.2. The van der Waals surface area contributed by atoms with Gasteiger partial charge in [-0.1, -0.05) is 12.1 Å². The molecule has 0 spiro atoms. The fourth-order valence-electron chi connectivity index (χ4n) is 3.31. The van der Waals surface area contributed by atoms with Crippen molar-refractivity contribution in [1.82, 2.24) is 19.4 Å². The molecule has 3 aromatic rings. The van der Waals surface area contributed by atoms with E-state index in [9.17, 15) is 4.79 Å². The van der Waals surface area contributed by atoms with Gasteiger partial charge in [-0.3, -0.25) is 4.90 Å². The largest absolute Gasteiger partial charge is 0.497 e. The van der Waals surface area contributed by atoms with Gasteiger partial charge in [-0.05, 0) is 30.3 Å². The van der Waals surface area contributed by atoms with Gasteiger partial charge in [0, 0.05) is 50.7 Å². The molecule has 140 valence electrons. The Bertz CT molecular complexity index is 898. The lowest BCUT2D eigenvalue weighted by Crippen LogP contribution is -2.49. The highest BCUT2D eigenvalue weighted by molar-refractivity contribution is 5.89. The summed E-state index contributed by atoms with van der Waals surface area (Å²) in [4.78, 5) is 16.7. The maximum atomic E-state index is 12.5. The van der Waals surface area contributed by atoms with E-state index >= 15 is 0 Å². The van der Waals surface area contributed by atoms with Gasteiger partial charge < -0.3 is 15.0 Å². The predicted molar refractivity (Wildman–Crippen MR) is 104 cm³/mol. The van der Waals surface area contributed by atoms with Crippen LogP contribution in [0.4, 0.5) is 10.5 Å². The first-order valence-corrected chi connectivity index (χ1v) is 9.07. The molecular formula is C20H23N5O2. The highest BCUT2D eigenvalue weighted by Gasteiger charge is 2.21. The van der Waals surface area contributed by atoms with Crippen molar-refractivity contribution >= 4 is 17.2 Å². The number of nitrogens with one attached hydrogen (secondary N) is 1. The van der Waals surface area contributed by atoms with Crippen molar-refractivity contribution in [3.63, 3.8) is 0 Å². The molecule has 1 aliphatic heterocycles. The van der Waals surface area contributed by atoms with Crippen LogP contribution in [-0.2, 0) is 6.54 Å². The lowest BCUT2D eigenvalue weighted by Gasteiger charge is -2.34. The SMILES string of the molecule is COc1cccc(NC(=O)N2CCN(Cc3cc4ccccn4n3)CC2)c1. The Kier molecular flexibility index (Phi) is 4.93. The Labute approximate surface area is 158 Å². The number of carbonyl (C=O) groups is 1. The number of anilines is 1. The maximum absolute atomic E-state index is 12.5. The monoisotopic (exact) mass is 365 g/mol. The second-order valence-electron chi connectivity index (χ2n) is 6.63. The number of rotatable bonds is 4. The van der Waals surface area contributed by atoms with Gasteiger partial charge in [0.2, 0.25) is 0 Å². The molecule has 3 heterocycles. The quantitative estimate of drug-likeness (QED) is 0.772. The number of methoxy groups -OCH3 is 1. The average molecular weight is 365 g/mol. The zero-order chi connectivity index (χ0) is 18.6. The molecule has 27 heavy (non-hydrogen) atoms. The van der Waals surface area contributed by atoms with Crippen LogP contribution >= 0.6 is 0 Å². The molecule has 1 aromatic carbocycles. The third-order valence-corrected chi connectivity index (χ3v) is 4.79. The van der Waals surface area contributed by atoms with Crippen LogP contribution in [0.15, 0.2) is 54.7 Å². The number of nitrogens with zero attached hydrogens (tertiary/aromatic N) is 4. The molecule has 2 aromatic heterocycles. The second-order valence-corrected chi connectivity index (χ2v) is 6.63. The third-order valence-electron chi connectivity index (χ3n) is 4.79. The van der Waals surface area contributed by atoms with Crippen molar-refractivity contribution in [2.24, 2.45) is 0 Å². The number of fused-ring (bicyclic) bond motifs is 1. The van der Waals surface area contributed by atoms with Gasteiger partial charge in [0.15, 0.2) is 0 Å². The number of piperazine rings is 1. The zero-order valence-corrected chi connectivity index (χ0v) is 15.3. The van der Waals surface area contributed by atoms with Crippen LogP contribution in [0.2, 0.25) is 0 Å². The highest BCUT2D eigenvalue weighted by atomic mass is 16.5. The van der Waals surface area contributed by atoms with Crippen LogP contribution in [0, 0.1) is 0 Å². The van der Waals surface area contributed by atoms with Gasteiger partial charge in [-0.25, -0.2) is 9.31 Å². The third kappa shape index (κ3) is 4.03. The number of aromatic nitrogens is 2. The van der Waals surface area contributed by atoms with Crippen molar-refractivity contribution in [3.05, 3.63) is 60.4 Å². The van der Waals surface area contributed by atoms with E-state index in [1.165, 1.54) is 0 Å². The number of benzene rings is 1. The summed E-state index contributed by atoms with van der Waals surface area (Å²) in [6.45, 7) is 3.86. The fourth-order valence-corrected chi connectivity index (χ4v) is 3.31. The molecule has 1 saturated heterocycles. The second kappa shape index (κ2) is 7.67.